The number of nitrogens with one attached hydrogen (secondary N) is 2. The lowest BCUT2D eigenvalue weighted by Gasteiger charge is -2.36. The van der Waals surface area contributed by atoms with Crippen LogP contribution in [0.15, 0.2) is 24.4 Å². The highest BCUT2D eigenvalue weighted by Crippen LogP contribution is 2.34. The van der Waals surface area contributed by atoms with Gasteiger partial charge in [-0.2, -0.15) is 0 Å². The second-order valence-corrected chi connectivity index (χ2v) is 7.52. The second kappa shape index (κ2) is 9.94. The summed E-state index contributed by atoms with van der Waals surface area (Å²) in [6.45, 7) is 1.08. The highest BCUT2D eigenvalue weighted by Gasteiger charge is 2.32. The van der Waals surface area contributed by atoms with Crippen LogP contribution in [0, 0.1) is 0 Å². The van der Waals surface area contributed by atoms with Crippen LogP contribution in [0.5, 0.6) is 11.5 Å². The average Bonchev–Trinajstić information content (AvgIpc) is 3.42. The molecule has 2 amide bonds. The molecule has 1 saturated heterocycles. The molecule has 0 radical (unpaired) electrons. The first-order valence-electron chi connectivity index (χ1n) is 10.3. The van der Waals surface area contributed by atoms with Crippen molar-refractivity contribution in [2.45, 2.75) is 50.7 Å². The predicted molar refractivity (Wildman–Crippen MR) is 109 cm³/mol. The first-order chi connectivity index (χ1) is 15.1. The van der Waals surface area contributed by atoms with E-state index in [-0.39, 0.29) is 31.6 Å². The fourth-order valence-electron chi connectivity index (χ4n) is 3.76. The molecule has 0 bridgehead atoms. The molecule has 11 nitrogen and oxygen atoms in total. The minimum absolute atomic E-state index is 0.0257. The van der Waals surface area contributed by atoms with Crippen LogP contribution in [0.4, 0.5) is 10.5 Å². The Hall–Kier alpha value is -2.89. The van der Waals surface area contributed by atoms with E-state index in [4.69, 9.17) is 18.9 Å². The summed E-state index contributed by atoms with van der Waals surface area (Å²) in [5.74, 6) is 1.25. The number of benzene rings is 1. The van der Waals surface area contributed by atoms with Gasteiger partial charge >= 0.3 is 6.03 Å². The van der Waals surface area contributed by atoms with E-state index >= 15 is 0 Å². The summed E-state index contributed by atoms with van der Waals surface area (Å²) in [4.78, 5) is 12.4. The Bertz CT molecular complexity index is 891. The lowest BCUT2D eigenvalue weighted by molar-refractivity contribution is -0.0905. The normalized spacial score (nSPS) is 22.3. The van der Waals surface area contributed by atoms with Crippen molar-refractivity contribution in [2.75, 3.05) is 25.8 Å². The molecule has 1 aromatic carbocycles. The Morgan fingerprint density at radius 3 is 3.03 bits per heavy atom. The molecular weight excluding hydrogens is 406 g/mol. The number of rotatable bonds is 8. The third-order valence-electron chi connectivity index (χ3n) is 5.30. The Balaban J connectivity index is 1.24. The smallest absolute Gasteiger partial charge is 0.319 e. The molecule has 11 heteroatoms. The maximum atomic E-state index is 12.4. The molecule has 0 saturated carbocycles. The van der Waals surface area contributed by atoms with Gasteiger partial charge in [0.1, 0.15) is 11.8 Å². The van der Waals surface area contributed by atoms with Gasteiger partial charge in [0.15, 0.2) is 11.5 Å². The molecule has 1 fully saturated rings. The van der Waals surface area contributed by atoms with Crippen molar-refractivity contribution in [2.24, 2.45) is 0 Å². The highest BCUT2D eigenvalue weighted by molar-refractivity contribution is 5.90. The van der Waals surface area contributed by atoms with Crippen molar-refractivity contribution in [3.05, 3.63) is 30.1 Å². The summed E-state index contributed by atoms with van der Waals surface area (Å²) >= 11 is 0. The van der Waals surface area contributed by atoms with Crippen LogP contribution in [-0.4, -0.2) is 64.9 Å². The van der Waals surface area contributed by atoms with Crippen molar-refractivity contribution in [1.82, 2.24) is 20.3 Å². The Labute approximate surface area is 179 Å². The van der Waals surface area contributed by atoms with Gasteiger partial charge in [0.05, 0.1) is 31.6 Å². The quantitative estimate of drug-likeness (QED) is 0.568. The largest absolute Gasteiger partial charge is 0.454 e. The third kappa shape index (κ3) is 5.43. The van der Waals surface area contributed by atoms with Crippen molar-refractivity contribution < 1.29 is 28.8 Å². The maximum Gasteiger partial charge on any atom is 0.319 e. The third-order valence-corrected chi connectivity index (χ3v) is 5.30. The first-order valence-corrected chi connectivity index (χ1v) is 10.3. The highest BCUT2D eigenvalue weighted by atomic mass is 16.7. The molecule has 3 N–H and O–H groups in total. The molecule has 31 heavy (non-hydrogen) atoms. The number of urea groups is 1. The number of ether oxygens (including phenoxy) is 4. The zero-order valence-corrected chi connectivity index (χ0v) is 17.3. The molecule has 168 valence electrons. The number of aliphatic hydroxyl groups is 1. The summed E-state index contributed by atoms with van der Waals surface area (Å²) in [6.07, 6.45) is 3.56. The van der Waals surface area contributed by atoms with E-state index in [9.17, 15) is 9.90 Å². The minimum Gasteiger partial charge on any atom is -0.454 e. The Morgan fingerprint density at radius 2 is 2.19 bits per heavy atom. The van der Waals surface area contributed by atoms with Gasteiger partial charge in [-0.3, -0.25) is 4.68 Å². The second-order valence-electron chi connectivity index (χ2n) is 7.52. The van der Waals surface area contributed by atoms with E-state index in [1.54, 1.807) is 30.0 Å². The number of fused-ring (bicyclic) bond motifs is 1. The number of carbonyl (C=O) groups excluding carboxylic acids is 1. The van der Waals surface area contributed by atoms with Gasteiger partial charge in [-0.1, -0.05) is 5.21 Å². The van der Waals surface area contributed by atoms with Crippen LogP contribution in [0.1, 0.15) is 25.0 Å². The SMILES string of the molecule is COCc1cn(CC[C@@H]2CC[C@@H](NC(=O)Nc3ccc4c(c3)OCO4)[C@H](CO)O2)nn1. The predicted octanol–water partition coefficient (Wildman–Crippen LogP) is 1.27. The van der Waals surface area contributed by atoms with Gasteiger partial charge in [0, 0.05) is 25.4 Å². The van der Waals surface area contributed by atoms with E-state index in [1.165, 1.54) is 0 Å². The molecule has 0 unspecified atom stereocenters. The van der Waals surface area contributed by atoms with E-state index in [1.807, 2.05) is 6.20 Å². The summed E-state index contributed by atoms with van der Waals surface area (Å²) < 4.78 is 23.4. The number of anilines is 1. The van der Waals surface area contributed by atoms with Crippen molar-refractivity contribution in [3.63, 3.8) is 0 Å². The molecule has 0 spiro atoms. The standard InChI is InChI=1S/C20H27N5O6/c1-28-11-14-9-25(24-23-14)7-6-15-3-4-16(19(10-26)31-15)22-20(27)21-13-2-5-17-18(8-13)30-12-29-17/h2,5,8-9,15-16,19,26H,3-4,6-7,10-12H2,1H3,(H2,21,22,27)/t15-,16+,19-/m0/s1. The molecule has 2 aromatic rings. The van der Waals surface area contributed by atoms with Crippen LogP contribution in [0.3, 0.4) is 0 Å². The van der Waals surface area contributed by atoms with Gasteiger partial charge in [-0.15, -0.1) is 5.10 Å². The van der Waals surface area contributed by atoms with Crippen molar-refractivity contribution in [1.29, 1.82) is 0 Å². The number of aliphatic hydroxyl groups excluding tert-OH is 1. The van der Waals surface area contributed by atoms with E-state index in [0.29, 0.717) is 36.8 Å². The first kappa shape index (κ1) is 21.3. The lowest BCUT2D eigenvalue weighted by atomic mass is 9.97. The van der Waals surface area contributed by atoms with Gasteiger partial charge < -0.3 is 34.7 Å². The van der Waals surface area contributed by atoms with Crippen LogP contribution < -0.4 is 20.1 Å². The van der Waals surface area contributed by atoms with Crippen molar-refractivity contribution in [3.8, 4) is 11.5 Å². The number of aromatic nitrogens is 3. The summed E-state index contributed by atoms with van der Waals surface area (Å²) in [5, 5.41) is 23.6. The number of carbonyl (C=O) groups is 1. The van der Waals surface area contributed by atoms with Crippen LogP contribution in [-0.2, 0) is 22.6 Å². The van der Waals surface area contributed by atoms with E-state index < -0.39 is 6.10 Å². The molecular formula is C20H27N5O6. The molecule has 3 heterocycles. The average molecular weight is 433 g/mol. The fraction of sp³-hybridized carbons (Fsp3) is 0.550. The Kier molecular flexibility index (Phi) is 6.85. The number of nitrogens with zero attached hydrogens (tertiary/aromatic N) is 3. The molecule has 1 aromatic heterocycles. The summed E-state index contributed by atoms with van der Waals surface area (Å²) in [6, 6.07) is 4.55. The monoisotopic (exact) mass is 433 g/mol. The Morgan fingerprint density at radius 1 is 1.32 bits per heavy atom. The van der Waals surface area contributed by atoms with Crippen LogP contribution in [0.2, 0.25) is 0 Å². The van der Waals surface area contributed by atoms with Crippen LogP contribution >= 0.6 is 0 Å². The number of amides is 2. The van der Waals surface area contributed by atoms with E-state index in [2.05, 4.69) is 20.9 Å². The zero-order chi connectivity index (χ0) is 21.6. The van der Waals surface area contributed by atoms with Crippen molar-refractivity contribution >= 4 is 11.7 Å². The molecule has 3 atom stereocenters. The van der Waals surface area contributed by atoms with Gasteiger partial charge in [0.2, 0.25) is 6.79 Å². The number of hydrogen-bond acceptors (Lipinski definition) is 8. The van der Waals surface area contributed by atoms with Gasteiger partial charge in [0.25, 0.3) is 0 Å². The molecule has 0 aliphatic carbocycles. The lowest BCUT2D eigenvalue weighted by Crippen LogP contribution is -2.52. The number of hydrogen-bond donors (Lipinski definition) is 3. The number of aryl methyl sites for hydroxylation is 1. The van der Waals surface area contributed by atoms with Crippen LogP contribution in [0.25, 0.3) is 0 Å². The fourth-order valence-corrected chi connectivity index (χ4v) is 3.76. The molecule has 2 aliphatic rings. The zero-order valence-electron chi connectivity index (χ0n) is 17.3. The summed E-state index contributed by atoms with van der Waals surface area (Å²) in [7, 11) is 1.61. The topological polar surface area (TPSA) is 129 Å². The maximum absolute atomic E-state index is 12.4. The van der Waals surface area contributed by atoms with Gasteiger partial charge in [-0.05, 0) is 31.4 Å². The minimum atomic E-state index is -0.471. The van der Waals surface area contributed by atoms with E-state index in [0.717, 1.165) is 18.5 Å². The number of methoxy groups -OCH3 is 1. The molecule has 4 rings (SSSR count). The summed E-state index contributed by atoms with van der Waals surface area (Å²) in [5.41, 5.74) is 1.37. The molecule has 2 aliphatic heterocycles. The van der Waals surface area contributed by atoms with Gasteiger partial charge in [-0.25, -0.2) is 4.79 Å².